The molecule has 43 heavy (non-hydrogen) atoms. The topological polar surface area (TPSA) is 123 Å². The minimum Gasteiger partial charge on any atom is -0.478 e. The number of imide groups is 1. The average molecular weight is 578 g/mol. The highest BCUT2D eigenvalue weighted by Crippen LogP contribution is 2.42. The zero-order valence-electron chi connectivity index (χ0n) is 23.3. The SMILES string of the molecule is O=C(NCCN1C(=O)C=CC1=O)c1ccc(C(=O)O)c(-c2c3ccc(=[N+]4CCC4)cc-3oc3cc(N4CCC4)ccc23)c1. The second-order valence-electron chi connectivity index (χ2n) is 11.0. The van der Waals surface area contributed by atoms with E-state index in [9.17, 15) is 24.3 Å². The van der Waals surface area contributed by atoms with E-state index in [1.807, 2.05) is 36.4 Å². The Bertz CT molecular complexity index is 1890. The molecule has 0 spiro atoms. The Labute approximate surface area is 246 Å². The van der Waals surface area contributed by atoms with Crippen LogP contribution in [0.25, 0.3) is 33.4 Å². The summed E-state index contributed by atoms with van der Waals surface area (Å²) in [5, 5.41) is 14.7. The van der Waals surface area contributed by atoms with Crippen LogP contribution in [0.4, 0.5) is 5.69 Å². The number of rotatable bonds is 7. The van der Waals surface area contributed by atoms with Gasteiger partial charge in [-0.3, -0.25) is 19.3 Å². The van der Waals surface area contributed by atoms with Gasteiger partial charge in [0.1, 0.15) is 24.4 Å². The number of nitrogens with one attached hydrogen (secondary N) is 1. The van der Waals surface area contributed by atoms with Gasteiger partial charge in [-0.15, -0.1) is 0 Å². The van der Waals surface area contributed by atoms with Crippen molar-refractivity contribution in [3.63, 3.8) is 0 Å². The number of anilines is 1. The van der Waals surface area contributed by atoms with Crippen molar-refractivity contribution in [2.45, 2.75) is 12.8 Å². The maximum absolute atomic E-state index is 13.2. The number of carboxylic acids is 1. The van der Waals surface area contributed by atoms with Crippen LogP contribution in [0.1, 0.15) is 33.6 Å². The molecular formula is C33H29N4O6+. The van der Waals surface area contributed by atoms with Crippen molar-refractivity contribution in [1.29, 1.82) is 0 Å². The lowest BCUT2D eigenvalue weighted by atomic mass is 9.89. The molecule has 0 bridgehead atoms. The summed E-state index contributed by atoms with van der Waals surface area (Å²) in [5.41, 5.74) is 3.81. The van der Waals surface area contributed by atoms with Gasteiger partial charge in [-0.2, -0.15) is 0 Å². The Balaban J connectivity index is 1.33. The number of carbonyl (C=O) groups excluding carboxylic acids is 3. The molecule has 10 heteroatoms. The maximum atomic E-state index is 13.2. The summed E-state index contributed by atoms with van der Waals surface area (Å²) in [6.07, 6.45) is 4.66. The predicted molar refractivity (Wildman–Crippen MR) is 160 cm³/mol. The molecule has 0 saturated carbocycles. The number of amides is 3. The first-order valence-corrected chi connectivity index (χ1v) is 14.4. The molecule has 0 unspecified atom stereocenters. The van der Waals surface area contributed by atoms with E-state index in [-0.39, 0.29) is 24.2 Å². The molecule has 2 fully saturated rings. The molecule has 1 aliphatic carbocycles. The fourth-order valence-corrected chi connectivity index (χ4v) is 5.81. The van der Waals surface area contributed by atoms with Crippen LogP contribution >= 0.6 is 0 Å². The van der Waals surface area contributed by atoms with Gasteiger partial charge in [-0.05, 0) is 48.4 Å². The molecule has 0 radical (unpaired) electrons. The van der Waals surface area contributed by atoms with E-state index in [2.05, 4.69) is 14.8 Å². The number of fused-ring (bicyclic) bond motifs is 2. The monoisotopic (exact) mass is 577 g/mol. The summed E-state index contributed by atoms with van der Waals surface area (Å²) in [6.45, 7) is 3.99. The lowest BCUT2D eigenvalue weighted by Crippen LogP contribution is -2.40. The van der Waals surface area contributed by atoms with Gasteiger partial charge in [0.25, 0.3) is 17.7 Å². The van der Waals surface area contributed by atoms with Crippen LogP contribution < -0.4 is 20.1 Å². The maximum Gasteiger partial charge on any atom is 0.336 e. The fraction of sp³-hybridized carbons (Fsp3) is 0.242. The second-order valence-corrected chi connectivity index (χ2v) is 11.0. The molecule has 3 amide bonds. The smallest absolute Gasteiger partial charge is 0.336 e. The van der Waals surface area contributed by atoms with Gasteiger partial charge in [0.15, 0.2) is 0 Å². The average Bonchev–Trinajstić information content (AvgIpc) is 3.26. The number of hydrogen-bond acceptors (Lipinski definition) is 6. The molecule has 10 nitrogen and oxygen atoms in total. The molecular weight excluding hydrogens is 548 g/mol. The standard InChI is InChI=1S/C33H28N4O6/c38-29-9-10-30(39)37(29)16-11-34-32(40)20-3-6-23(33(41)42)26(17-20)31-24-7-4-21(35-12-1-13-35)18-27(24)43-28-19-22(5-8-25(28)31)36-14-2-15-36/h3-10,17-19H,1-2,11-16H2,(H-,34,40,41,42)/p+1. The summed E-state index contributed by atoms with van der Waals surface area (Å²) in [6, 6.07) is 16.5. The van der Waals surface area contributed by atoms with Crippen LogP contribution in [0.2, 0.25) is 0 Å². The Kier molecular flexibility index (Phi) is 6.53. The van der Waals surface area contributed by atoms with Gasteiger partial charge in [0.2, 0.25) is 5.36 Å². The summed E-state index contributed by atoms with van der Waals surface area (Å²) < 4.78 is 8.75. The third-order valence-electron chi connectivity index (χ3n) is 8.43. The zero-order chi connectivity index (χ0) is 29.7. The molecule has 4 aliphatic heterocycles. The first-order valence-electron chi connectivity index (χ1n) is 14.4. The van der Waals surface area contributed by atoms with E-state index < -0.39 is 23.7 Å². The summed E-state index contributed by atoms with van der Waals surface area (Å²) in [7, 11) is 0. The Morgan fingerprint density at radius 3 is 2.37 bits per heavy atom. The molecule has 0 aromatic heterocycles. The van der Waals surface area contributed by atoms with Crippen molar-refractivity contribution in [2.75, 3.05) is 44.2 Å². The Morgan fingerprint density at radius 1 is 0.907 bits per heavy atom. The first-order chi connectivity index (χ1) is 20.9. The molecule has 216 valence electrons. The van der Waals surface area contributed by atoms with E-state index >= 15 is 0 Å². The lowest BCUT2D eigenvalue weighted by molar-refractivity contribution is -0.136. The number of carboxylic acid groups (broad SMARTS) is 1. The van der Waals surface area contributed by atoms with Crippen LogP contribution in [0.15, 0.2) is 71.2 Å². The van der Waals surface area contributed by atoms with Crippen molar-refractivity contribution >= 4 is 40.3 Å². The number of nitrogens with zero attached hydrogens (tertiary/aromatic N) is 3. The summed E-state index contributed by atoms with van der Waals surface area (Å²) in [4.78, 5) is 52.7. The van der Waals surface area contributed by atoms with Crippen molar-refractivity contribution in [1.82, 2.24) is 14.8 Å². The number of carbonyl (C=O) groups is 4. The van der Waals surface area contributed by atoms with Crippen LogP contribution in [-0.4, -0.2) is 73.0 Å². The van der Waals surface area contributed by atoms with Gasteiger partial charge in [-0.1, -0.05) is 0 Å². The molecule has 4 heterocycles. The van der Waals surface area contributed by atoms with Crippen LogP contribution in [0.3, 0.4) is 0 Å². The minimum atomic E-state index is -1.11. The highest BCUT2D eigenvalue weighted by atomic mass is 16.4. The van der Waals surface area contributed by atoms with E-state index in [0.29, 0.717) is 22.5 Å². The van der Waals surface area contributed by atoms with E-state index in [1.54, 1.807) is 6.07 Å². The fourth-order valence-electron chi connectivity index (χ4n) is 5.81. The summed E-state index contributed by atoms with van der Waals surface area (Å²) in [5.74, 6) is -1.77. The third kappa shape index (κ3) is 4.74. The lowest BCUT2D eigenvalue weighted by Gasteiger charge is -2.33. The third-order valence-corrected chi connectivity index (χ3v) is 8.43. The normalized spacial score (nSPS) is 16.1. The van der Waals surface area contributed by atoms with Crippen LogP contribution in [0, 0.1) is 0 Å². The molecule has 2 N–H and O–H groups in total. The van der Waals surface area contributed by atoms with Crippen molar-refractivity contribution in [2.24, 2.45) is 0 Å². The van der Waals surface area contributed by atoms with Crippen molar-refractivity contribution in [3.05, 3.63) is 83.2 Å². The molecule has 2 saturated heterocycles. The molecule has 7 rings (SSSR count). The number of hydrogen-bond donors (Lipinski definition) is 2. The second kappa shape index (κ2) is 10.5. The zero-order valence-corrected chi connectivity index (χ0v) is 23.3. The van der Waals surface area contributed by atoms with Gasteiger partial charge in [0, 0.05) is 78.2 Å². The van der Waals surface area contributed by atoms with Gasteiger partial charge < -0.3 is 19.7 Å². The van der Waals surface area contributed by atoms with Gasteiger partial charge in [-0.25, -0.2) is 9.37 Å². The highest BCUT2D eigenvalue weighted by molar-refractivity contribution is 6.13. The van der Waals surface area contributed by atoms with E-state index in [0.717, 1.165) is 65.9 Å². The molecule has 2 aromatic rings. The quantitative estimate of drug-likeness (QED) is 0.197. The van der Waals surface area contributed by atoms with Gasteiger partial charge >= 0.3 is 5.97 Å². The first kappa shape index (κ1) is 26.6. The van der Waals surface area contributed by atoms with Crippen LogP contribution in [0.5, 0.6) is 0 Å². The van der Waals surface area contributed by atoms with Crippen molar-refractivity contribution in [3.8, 4) is 22.5 Å². The van der Waals surface area contributed by atoms with E-state index in [1.165, 1.54) is 24.3 Å². The Hall–Kier alpha value is -5.25. The minimum absolute atomic E-state index is 0.0324. The predicted octanol–water partition coefficient (Wildman–Crippen LogP) is 2.94. The molecule has 5 aliphatic rings. The number of aromatic carboxylic acids is 1. The van der Waals surface area contributed by atoms with Gasteiger partial charge in [0.05, 0.1) is 18.1 Å². The molecule has 2 aromatic carbocycles. The highest BCUT2D eigenvalue weighted by Gasteiger charge is 2.26. The van der Waals surface area contributed by atoms with E-state index in [4.69, 9.17) is 4.42 Å². The van der Waals surface area contributed by atoms with Crippen LogP contribution in [-0.2, 0) is 9.59 Å². The number of benzene rings is 3. The largest absolute Gasteiger partial charge is 0.478 e. The Morgan fingerprint density at radius 2 is 1.70 bits per heavy atom. The molecule has 0 atom stereocenters. The van der Waals surface area contributed by atoms with Crippen molar-refractivity contribution < 1.29 is 28.7 Å². The summed E-state index contributed by atoms with van der Waals surface area (Å²) >= 11 is 0.